The summed E-state index contributed by atoms with van der Waals surface area (Å²) < 4.78 is 5.19. The minimum atomic E-state index is -0.0227. The van der Waals surface area contributed by atoms with Crippen molar-refractivity contribution in [3.05, 3.63) is 11.5 Å². The van der Waals surface area contributed by atoms with Crippen LogP contribution < -0.4 is 10.1 Å². The lowest BCUT2D eigenvalue weighted by atomic mass is 9.85. The largest absolute Gasteiger partial charge is 0.490 e. The number of methoxy groups -OCH3 is 1. The first-order valence-corrected chi connectivity index (χ1v) is 6.19. The third kappa shape index (κ3) is 3.71. The molecule has 1 aromatic rings. The third-order valence-corrected chi connectivity index (χ3v) is 3.01. The molecule has 0 aromatic carbocycles. The van der Waals surface area contributed by atoms with Crippen molar-refractivity contribution in [2.45, 2.75) is 33.2 Å². The molecule has 6 heteroatoms. The number of nitrogens with zero attached hydrogens (tertiary/aromatic N) is 2. The molecular weight excluding hydrogens is 254 g/mol. The molecule has 0 amide bonds. The van der Waals surface area contributed by atoms with E-state index in [1.807, 2.05) is 0 Å². The van der Waals surface area contributed by atoms with Crippen molar-refractivity contribution in [2.24, 2.45) is 5.41 Å². The van der Waals surface area contributed by atoms with Crippen LogP contribution in [0.1, 0.15) is 27.2 Å². The van der Waals surface area contributed by atoms with Gasteiger partial charge >= 0.3 is 0 Å². The normalized spacial score (nSPS) is 13.2. The summed E-state index contributed by atoms with van der Waals surface area (Å²) in [4.78, 5) is 8.00. The van der Waals surface area contributed by atoms with Gasteiger partial charge in [-0.25, -0.2) is 9.97 Å². The van der Waals surface area contributed by atoms with Crippen molar-refractivity contribution in [2.75, 3.05) is 19.0 Å². The summed E-state index contributed by atoms with van der Waals surface area (Å²) in [7, 11) is 1.52. The molecule has 0 aliphatic carbocycles. The van der Waals surface area contributed by atoms with Crippen molar-refractivity contribution in [3.63, 3.8) is 0 Å². The van der Waals surface area contributed by atoms with Crippen LogP contribution in [0.15, 0.2) is 6.33 Å². The highest BCUT2D eigenvalue weighted by Crippen LogP contribution is 2.32. The summed E-state index contributed by atoms with van der Waals surface area (Å²) in [6.07, 6.45) is 2.00. The van der Waals surface area contributed by atoms with E-state index in [1.54, 1.807) is 0 Å². The molecule has 1 atom stereocenters. The molecule has 0 fully saturated rings. The zero-order valence-corrected chi connectivity index (χ0v) is 12.0. The number of hydrogen-bond acceptors (Lipinski definition) is 5. The first kappa shape index (κ1) is 15.0. The SMILES string of the molecule is COc1c(Cl)ncnc1NC(CCO)C(C)(C)C. The topological polar surface area (TPSA) is 67.3 Å². The Morgan fingerprint density at radius 2 is 2.11 bits per heavy atom. The van der Waals surface area contributed by atoms with Crippen LogP contribution in [0.5, 0.6) is 5.75 Å². The number of rotatable bonds is 5. The third-order valence-electron chi connectivity index (χ3n) is 2.74. The van der Waals surface area contributed by atoms with Crippen molar-refractivity contribution in [1.82, 2.24) is 9.97 Å². The minimum absolute atomic E-state index is 0.0227. The van der Waals surface area contributed by atoms with Crippen LogP contribution in [0.2, 0.25) is 5.15 Å². The highest BCUT2D eigenvalue weighted by Gasteiger charge is 2.26. The van der Waals surface area contributed by atoms with E-state index in [9.17, 15) is 0 Å². The molecule has 1 heterocycles. The number of anilines is 1. The molecular formula is C12H20ClN3O2. The fraction of sp³-hybridized carbons (Fsp3) is 0.667. The predicted molar refractivity (Wildman–Crippen MR) is 72.2 cm³/mol. The monoisotopic (exact) mass is 273 g/mol. The summed E-state index contributed by atoms with van der Waals surface area (Å²) in [6, 6.07) is 0.0577. The second-order valence-corrected chi connectivity index (χ2v) is 5.48. The number of aliphatic hydroxyl groups excluding tert-OH is 1. The maximum atomic E-state index is 9.13. The van der Waals surface area contributed by atoms with Crippen LogP contribution in [0, 0.1) is 5.41 Å². The van der Waals surface area contributed by atoms with Gasteiger partial charge in [0.2, 0.25) is 0 Å². The lowest BCUT2D eigenvalue weighted by Crippen LogP contribution is -2.35. The molecule has 0 saturated carbocycles. The molecule has 1 unspecified atom stereocenters. The molecule has 0 spiro atoms. The summed E-state index contributed by atoms with van der Waals surface area (Å²) in [5.74, 6) is 0.970. The molecule has 0 saturated heterocycles. The Morgan fingerprint density at radius 1 is 1.44 bits per heavy atom. The highest BCUT2D eigenvalue weighted by atomic mass is 35.5. The van der Waals surface area contributed by atoms with Crippen molar-refractivity contribution >= 4 is 17.4 Å². The minimum Gasteiger partial charge on any atom is -0.490 e. The molecule has 5 nitrogen and oxygen atoms in total. The maximum Gasteiger partial charge on any atom is 0.198 e. The average molecular weight is 274 g/mol. The molecule has 0 radical (unpaired) electrons. The second kappa shape index (κ2) is 6.20. The fourth-order valence-corrected chi connectivity index (χ4v) is 1.86. The smallest absolute Gasteiger partial charge is 0.198 e. The molecule has 2 N–H and O–H groups in total. The highest BCUT2D eigenvalue weighted by molar-refractivity contribution is 6.31. The zero-order chi connectivity index (χ0) is 13.8. The summed E-state index contributed by atoms with van der Waals surface area (Å²) in [5, 5.41) is 12.7. The Balaban J connectivity index is 2.97. The van der Waals surface area contributed by atoms with E-state index in [2.05, 4.69) is 36.1 Å². The quantitative estimate of drug-likeness (QED) is 0.806. The van der Waals surface area contributed by atoms with Gasteiger partial charge in [0.15, 0.2) is 16.7 Å². The Hall–Kier alpha value is -1.07. The number of aromatic nitrogens is 2. The summed E-state index contributed by atoms with van der Waals surface area (Å²) >= 11 is 5.94. The van der Waals surface area contributed by atoms with Gasteiger partial charge in [0.05, 0.1) is 7.11 Å². The van der Waals surface area contributed by atoms with Crippen molar-refractivity contribution < 1.29 is 9.84 Å². The van der Waals surface area contributed by atoms with Gasteiger partial charge in [-0.1, -0.05) is 32.4 Å². The van der Waals surface area contributed by atoms with Gasteiger partial charge < -0.3 is 15.2 Å². The van der Waals surface area contributed by atoms with Crippen LogP contribution in [0.25, 0.3) is 0 Å². The van der Waals surface area contributed by atoms with E-state index in [1.165, 1.54) is 13.4 Å². The van der Waals surface area contributed by atoms with Gasteiger partial charge in [0.25, 0.3) is 0 Å². The maximum absolute atomic E-state index is 9.13. The van der Waals surface area contributed by atoms with E-state index in [0.29, 0.717) is 18.0 Å². The molecule has 0 bridgehead atoms. The molecule has 0 aliphatic heterocycles. The van der Waals surface area contributed by atoms with Crippen molar-refractivity contribution in [3.8, 4) is 5.75 Å². The average Bonchev–Trinajstić information content (AvgIpc) is 2.27. The van der Waals surface area contributed by atoms with Gasteiger partial charge in [0.1, 0.15) is 6.33 Å². The molecule has 1 aromatic heterocycles. The Morgan fingerprint density at radius 3 is 2.61 bits per heavy atom. The summed E-state index contributed by atoms with van der Waals surface area (Å²) in [6.45, 7) is 6.39. The first-order chi connectivity index (χ1) is 8.40. The van der Waals surface area contributed by atoms with Crippen LogP contribution >= 0.6 is 11.6 Å². The van der Waals surface area contributed by atoms with Gasteiger partial charge in [-0.15, -0.1) is 0 Å². The van der Waals surface area contributed by atoms with Crippen LogP contribution in [0.3, 0.4) is 0 Å². The van der Waals surface area contributed by atoms with Gasteiger partial charge in [0, 0.05) is 12.6 Å². The van der Waals surface area contributed by atoms with E-state index in [-0.39, 0.29) is 23.2 Å². The standard InChI is InChI=1S/C12H20ClN3O2/c1-12(2,3)8(5-6-17)16-11-9(18-4)10(13)14-7-15-11/h7-8,17H,5-6H2,1-4H3,(H,14,15,16). The van der Waals surface area contributed by atoms with Gasteiger partial charge in [-0.2, -0.15) is 0 Å². The lowest BCUT2D eigenvalue weighted by Gasteiger charge is -2.31. The molecule has 1 rings (SSSR count). The molecule has 102 valence electrons. The number of halogens is 1. The fourth-order valence-electron chi connectivity index (χ4n) is 1.65. The van der Waals surface area contributed by atoms with Crippen LogP contribution in [-0.2, 0) is 0 Å². The van der Waals surface area contributed by atoms with E-state index in [4.69, 9.17) is 21.4 Å². The Labute approximate surface area is 113 Å². The van der Waals surface area contributed by atoms with E-state index in [0.717, 1.165) is 0 Å². The number of aliphatic hydroxyl groups is 1. The lowest BCUT2D eigenvalue weighted by molar-refractivity contribution is 0.234. The molecule has 18 heavy (non-hydrogen) atoms. The number of ether oxygens (including phenoxy) is 1. The Bertz CT molecular complexity index is 393. The summed E-state index contributed by atoms with van der Waals surface area (Å²) in [5.41, 5.74) is -0.0227. The first-order valence-electron chi connectivity index (χ1n) is 5.82. The van der Waals surface area contributed by atoms with Crippen molar-refractivity contribution in [1.29, 1.82) is 0 Å². The van der Waals surface area contributed by atoms with Crippen LogP contribution in [-0.4, -0.2) is 34.8 Å². The second-order valence-electron chi connectivity index (χ2n) is 5.12. The van der Waals surface area contributed by atoms with Gasteiger partial charge in [-0.05, 0) is 11.8 Å². The zero-order valence-electron chi connectivity index (χ0n) is 11.2. The predicted octanol–water partition coefficient (Wildman–Crippen LogP) is 2.35. The van der Waals surface area contributed by atoms with E-state index >= 15 is 0 Å². The van der Waals surface area contributed by atoms with Gasteiger partial charge in [-0.3, -0.25) is 0 Å². The number of nitrogens with one attached hydrogen (secondary N) is 1. The Kier molecular flexibility index (Phi) is 5.16. The number of hydrogen-bond donors (Lipinski definition) is 2. The van der Waals surface area contributed by atoms with Crippen LogP contribution in [0.4, 0.5) is 5.82 Å². The van der Waals surface area contributed by atoms with E-state index < -0.39 is 0 Å². The molecule has 0 aliphatic rings.